The van der Waals surface area contributed by atoms with E-state index in [0.29, 0.717) is 18.5 Å². The summed E-state index contributed by atoms with van der Waals surface area (Å²) in [5.74, 6) is 0.372. The Labute approximate surface area is 165 Å². The van der Waals surface area contributed by atoms with E-state index >= 15 is 0 Å². The molecule has 0 spiro atoms. The van der Waals surface area contributed by atoms with Gasteiger partial charge in [0.2, 0.25) is 0 Å². The summed E-state index contributed by atoms with van der Waals surface area (Å²) >= 11 is 1.74. The third kappa shape index (κ3) is 4.34. The first-order chi connectivity index (χ1) is 13.2. The molecule has 0 aromatic carbocycles. The van der Waals surface area contributed by atoms with Crippen LogP contribution in [0.4, 0.5) is 4.79 Å². The molecule has 2 amide bonds. The molecule has 2 aliphatic rings. The van der Waals surface area contributed by atoms with Crippen LogP contribution < -0.4 is 5.32 Å². The highest BCUT2D eigenvalue weighted by atomic mass is 32.1. The molecule has 0 radical (unpaired) electrons. The van der Waals surface area contributed by atoms with Gasteiger partial charge in [0.25, 0.3) is 0 Å². The SMILES string of the molecule is CCc1csc(C2CCCN(C(=O)NCc3ccn(C4CCCC4)n3)C2)n1. The molecule has 146 valence electrons. The van der Waals surface area contributed by atoms with Crippen molar-refractivity contribution in [2.75, 3.05) is 13.1 Å². The second kappa shape index (κ2) is 8.42. The third-order valence-electron chi connectivity index (χ3n) is 5.77. The van der Waals surface area contributed by atoms with E-state index in [9.17, 15) is 4.79 Å². The Hall–Kier alpha value is -1.89. The van der Waals surface area contributed by atoms with Crippen molar-refractivity contribution in [3.05, 3.63) is 34.0 Å². The van der Waals surface area contributed by atoms with E-state index in [0.717, 1.165) is 43.7 Å². The Morgan fingerprint density at radius 2 is 2.11 bits per heavy atom. The van der Waals surface area contributed by atoms with Crippen LogP contribution in [0.2, 0.25) is 0 Å². The van der Waals surface area contributed by atoms with Crippen LogP contribution in [0.3, 0.4) is 0 Å². The quantitative estimate of drug-likeness (QED) is 0.840. The van der Waals surface area contributed by atoms with Crippen LogP contribution in [0, 0.1) is 0 Å². The fourth-order valence-corrected chi connectivity index (χ4v) is 5.19. The zero-order chi connectivity index (χ0) is 18.6. The van der Waals surface area contributed by atoms with Gasteiger partial charge < -0.3 is 10.2 Å². The van der Waals surface area contributed by atoms with Gasteiger partial charge in [-0.3, -0.25) is 4.68 Å². The summed E-state index contributed by atoms with van der Waals surface area (Å²) < 4.78 is 2.08. The topological polar surface area (TPSA) is 63.1 Å². The standard InChI is InChI=1S/C20H29N5OS/c1-2-16-14-27-19(22-16)15-6-5-10-24(13-15)20(26)21-12-17-9-11-25(23-17)18-7-3-4-8-18/h9,11,14-15,18H,2-8,10,12-13H2,1H3,(H,21,26). The van der Waals surface area contributed by atoms with Gasteiger partial charge in [0.1, 0.15) is 0 Å². The Morgan fingerprint density at radius 1 is 1.26 bits per heavy atom. The first-order valence-corrected chi connectivity index (χ1v) is 11.1. The number of carbonyl (C=O) groups excluding carboxylic acids is 1. The van der Waals surface area contributed by atoms with Crippen molar-refractivity contribution in [3.8, 4) is 0 Å². The maximum atomic E-state index is 12.6. The number of aryl methyl sites for hydroxylation is 1. The fraction of sp³-hybridized carbons (Fsp3) is 0.650. The van der Waals surface area contributed by atoms with Crippen molar-refractivity contribution in [1.82, 2.24) is 25.0 Å². The normalized spacial score (nSPS) is 20.9. The molecule has 1 saturated heterocycles. The maximum Gasteiger partial charge on any atom is 0.317 e. The Balaban J connectivity index is 1.30. The van der Waals surface area contributed by atoms with Crippen LogP contribution in [-0.2, 0) is 13.0 Å². The average molecular weight is 388 g/mol. The molecule has 7 heteroatoms. The summed E-state index contributed by atoms with van der Waals surface area (Å²) in [6.45, 7) is 4.22. The minimum absolute atomic E-state index is 0.0161. The smallest absolute Gasteiger partial charge is 0.317 e. The first kappa shape index (κ1) is 18.5. The lowest BCUT2D eigenvalue weighted by molar-refractivity contribution is 0.179. The zero-order valence-electron chi connectivity index (χ0n) is 16.1. The van der Waals surface area contributed by atoms with Crippen molar-refractivity contribution < 1.29 is 4.79 Å². The molecule has 0 bridgehead atoms. The molecule has 1 saturated carbocycles. The summed E-state index contributed by atoms with van der Waals surface area (Å²) in [6.07, 6.45) is 10.2. The summed E-state index contributed by atoms with van der Waals surface area (Å²) in [6, 6.07) is 2.59. The number of nitrogens with one attached hydrogen (secondary N) is 1. The van der Waals surface area contributed by atoms with Gasteiger partial charge in [-0.2, -0.15) is 5.10 Å². The first-order valence-electron chi connectivity index (χ1n) is 10.2. The van der Waals surface area contributed by atoms with Crippen molar-refractivity contribution in [1.29, 1.82) is 0 Å². The number of amides is 2. The predicted octanol–water partition coefficient (Wildman–Crippen LogP) is 4.11. The number of hydrogen-bond acceptors (Lipinski definition) is 4. The molecule has 3 heterocycles. The van der Waals surface area contributed by atoms with E-state index in [4.69, 9.17) is 4.98 Å². The molecule has 2 aromatic rings. The van der Waals surface area contributed by atoms with Crippen molar-refractivity contribution >= 4 is 17.4 Å². The Kier molecular flexibility index (Phi) is 5.76. The molecule has 4 rings (SSSR count). The minimum Gasteiger partial charge on any atom is -0.332 e. The Bertz CT molecular complexity index is 764. The van der Waals surface area contributed by atoms with Crippen LogP contribution in [0.1, 0.15) is 73.8 Å². The van der Waals surface area contributed by atoms with Gasteiger partial charge in [-0.05, 0) is 38.2 Å². The van der Waals surface area contributed by atoms with Crippen molar-refractivity contribution in [2.45, 2.75) is 70.4 Å². The molecule has 1 atom stereocenters. The highest BCUT2D eigenvalue weighted by Crippen LogP contribution is 2.30. The maximum absolute atomic E-state index is 12.6. The number of thiazole rings is 1. The van der Waals surface area contributed by atoms with E-state index in [1.54, 1.807) is 11.3 Å². The summed E-state index contributed by atoms with van der Waals surface area (Å²) in [4.78, 5) is 19.3. The molecular weight excluding hydrogens is 358 g/mol. The van der Waals surface area contributed by atoms with Gasteiger partial charge in [-0.25, -0.2) is 9.78 Å². The van der Waals surface area contributed by atoms with E-state index in [1.165, 1.54) is 30.7 Å². The highest BCUT2D eigenvalue weighted by Gasteiger charge is 2.26. The second-order valence-corrected chi connectivity index (χ2v) is 8.59. The molecule has 2 aromatic heterocycles. The third-order valence-corrected chi connectivity index (χ3v) is 6.83. The number of carbonyl (C=O) groups is 1. The lowest BCUT2D eigenvalue weighted by Gasteiger charge is -2.31. The van der Waals surface area contributed by atoms with Crippen LogP contribution in [0.25, 0.3) is 0 Å². The van der Waals surface area contributed by atoms with Crippen LogP contribution in [-0.4, -0.2) is 38.8 Å². The van der Waals surface area contributed by atoms with Gasteiger partial charge in [0.05, 0.1) is 29.0 Å². The molecule has 6 nitrogen and oxygen atoms in total. The lowest BCUT2D eigenvalue weighted by atomic mass is 9.99. The van der Waals surface area contributed by atoms with Crippen molar-refractivity contribution in [2.24, 2.45) is 0 Å². The molecule has 1 N–H and O–H groups in total. The Morgan fingerprint density at radius 3 is 2.89 bits per heavy atom. The van der Waals surface area contributed by atoms with Crippen LogP contribution >= 0.6 is 11.3 Å². The number of piperidine rings is 1. The average Bonchev–Trinajstić information content (AvgIpc) is 3.47. The summed E-state index contributed by atoms with van der Waals surface area (Å²) in [5.41, 5.74) is 2.10. The molecule has 1 aliphatic heterocycles. The van der Waals surface area contributed by atoms with Crippen LogP contribution in [0.15, 0.2) is 17.6 Å². The van der Waals surface area contributed by atoms with Crippen LogP contribution in [0.5, 0.6) is 0 Å². The van der Waals surface area contributed by atoms with E-state index in [1.807, 2.05) is 11.0 Å². The lowest BCUT2D eigenvalue weighted by Crippen LogP contribution is -2.44. The number of urea groups is 1. The molecule has 27 heavy (non-hydrogen) atoms. The van der Waals surface area contributed by atoms with Gasteiger partial charge in [0.15, 0.2) is 0 Å². The van der Waals surface area contributed by atoms with E-state index in [-0.39, 0.29) is 6.03 Å². The number of hydrogen-bond donors (Lipinski definition) is 1. The molecule has 1 aliphatic carbocycles. The zero-order valence-corrected chi connectivity index (χ0v) is 16.9. The van der Waals surface area contributed by atoms with E-state index < -0.39 is 0 Å². The summed E-state index contributed by atoms with van der Waals surface area (Å²) in [7, 11) is 0. The monoisotopic (exact) mass is 387 g/mol. The molecule has 2 fully saturated rings. The molecular formula is C20H29N5OS. The summed E-state index contributed by atoms with van der Waals surface area (Å²) in [5, 5.41) is 11.0. The number of aromatic nitrogens is 3. The van der Waals surface area contributed by atoms with Crippen molar-refractivity contribution in [3.63, 3.8) is 0 Å². The second-order valence-electron chi connectivity index (χ2n) is 7.70. The van der Waals surface area contributed by atoms with Gasteiger partial charge >= 0.3 is 6.03 Å². The highest BCUT2D eigenvalue weighted by molar-refractivity contribution is 7.09. The van der Waals surface area contributed by atoms with Gasteiger partial charge in [-0.1, -0.05) is 19.8 Å². The predicted molar refractivity (Wildman–Crippen MR) is 107 cm³/mol. The fourth-order valence-electron chi connectivity index (χ4n) is 4.16. The van der Waals surface area contributed by atoms with Gasteiger partial charge in [0, 0.05) is 30.6 Å². The molecule has 1 unspecified atom stereocenters. The number of nitrogens with zero attached hydrogens (tertiary/aromatic N) is 4. The number of likely N-dealkylation sites (tertiary alicyclic amines) is 1. The van der Waals surface area contributed by atoms with Gasteiger partial charge in [-0.15, -0.1) is 11.3 Å². The largest absolute Gasteiger partial charge is 0.332 e. The van der Waals surface area contributed by atoms with E-state index in [2.05, 4.69) is 33.6 Å². The number of rotatable bonds is 5. The minimum atomic E-state index is 0.0161.